The summed E-state index contributed by atoms with van der Waals surface area (Å²) in [6.07, 6.45) is 4.43. The Labute approximate surface area is 108 Å². The number of nitrogens with one attached hydrogen (secondary N) is 2. The van der Waals surface area contributed by atoms with Crippen LogP contribution < -0.4 is 16.4 Å². The molecule has 1 saturated heterocycles. The molecule has 18 heavy (non-hydrogen) atoms. The molecule has 6 nitrogen and oxygen atoms in total. The van der Waals surface area contributed by atoms with E-state index in [9.17, 15) is 9.59 Å². The Hall–Kier alpha value is -1.63. The number of nitrogen functional groups attached to an aromatic ring is 1. The lowest BCUT2D eigenvalue weighted by molar-refractivity contribution is -0.145. The Morgan fingerprint density at radius 3 is 2.83 bits per heavy atom. The number of amides is 2. The Balaban J connectivity index is 1.71. The van der Waals surface area contributed by atoms with Gasteiger partial charge in [0.2, 0.25) is 11.8 Å². The molecule has 2 aliphatic rings. The van der Waals surface area contributed by atoms with Gasteiger partial charge in [-0.2, -0.15) is 0 Å². The fourth-order valence-electron chi connectivity index (χ4n) is 2.36. The third-order valence-electron chi connectivity index (χ3n) is 3.58. The number of rotatable bonds is 2. The van der Waals surface area contributed by atoms with Gasteiger partial charge in [-0.1, -0.05) is 0 Å². The van der Waals surface area contributed by atoms with Crippen molar-refractivity contribution in [1.82, 2.24) is 15.6 Å². The van der Waals surface area contributed by atoms with Crippen molar-refractivity contribution in [3.05, 3.63) is 11.2 Å². The van der Waals surface area contributed by atoms with Gasteiger partial charge in [0, 0.05) is 6.42 Å². The Morgan fingerprint density at radius 1 is 1.50 bits per heavy atom. The first-order valence-corrected chi connectivity index (χ1v) is 6.74. The summed E-state index contributed by atoms with van der Waals surface area (Å²) in [5, 5.41) is 7.02. The molecular formula is C11H14N4O2S. The van der Waals surface area contributed by atoms with Gasteiger partial charge in [-0.05, 0) is 19.3 Å². The third-order valence-corrected chi connectivity index (χ3v) is 4.43. The standard InChI is InChI=1S/C11H14N4O2S/c12-7-5-13-8(18-7)4-6-9(16)15-11(2-1-3-11)10(17)14-6/h5-6H,1-4,12H2,(H,14,17)(H,15,16). The summed E-state index contributed by atoms with van der Waals surface area (Å²) >= 11 is 1.34. The maximum Gasteiger partial charge on any atom is 0.246 e. The number of piperazine rings is 1. The lowest BCUT2D eigenvalue weighted by Crippen LogP contribution is -2.72. The predicted molar refractivity (Wildman–Crippen MR) is 66.9 cm³/mol. The molecule has 2 fully saturated rings. The lowest BCUT2D eigenvalue weighted by Gasteiger charge is -2.45. The van der Waals surface area contributed by atoms with Crippen molar-refractivity contribution >= 4 is 28.2 Å². The molecule has 0 radical (unpaired) electrons. The zero-order valence-electron chi connectivity index (χ0n) is 9.73. The minimum Gasteiger partial charge on any atom is -0.389 e. The summed E-state index contributed by atoms with van der Waals surface area (Å²) in [6, 6.07) is -0.533. The van der Waals surface area contributed by atoms with E-state index in [0.29, 0.717) is 11.4 Å². The van der Waals surface area contributed by atoms with Gasteiger partial charge in [0.25, 0.3) is 0 Å². The van der Waals surface area contributed by atoms with E-state index in [2.05, 4.69) is 15.6 Å². The van der Waals surface area contributed by atoms with E-state index >= 15 is 0 Å². The van der Waals surface area contributed by atoms with Gasteiger partial charge in [0.15, 0.2) is 0 Å². The molecule has 1 atom stereocenters. The molecule has 0 bridgehead atoms. The fraction of sp³-hybridized carbons (Fsp3) is 0.545. The van der Waals surface area contributed by atoms with E-state index in [1.165, 1.54) is 11.3 Å². The molecule has 1 aliphatic heterocycles. The van der Waals surface area contributed by atoms with Crippen LogP contribution in [0.1, 0.15) is 24.3 Å². The third kappa shape index (κ3) is 1.74. The Kier molecular flexibility index (Phi) is 2.51. The van der Waals surface area contributed by atoms with Crippen molar-refractivity contribution in [2.45, 2.75) is 37.3 Å². The van der Waals surface area contributed by atoms with Crippen LogP contribution >= 0.6 is 11.3 Å². The summed E-state index contributed by atoms with van der Waals surface area (Å²) in [7, 11) is 0. The van der Waals surface area contributed by atoms with Crippen LogP contribution in [0.2, 0.25) is 0 Å². The molecular weight excluding hydrogens is 252 g/mol. The second kappa shape index (κ2) is 3.94. The number of hydrogen-bond donors (Lipinski definition) is 3. The molecule has 1 unspecified atom stereocenters. The van der Waals surface area contributed by atoms with E-state index in [1.54, 1.807) is 6.20 Å². The van der Waals surface area contributed by atoms with Gasteiger partial charge in [0.05, 0.1) is 11.2 Å². The van der Waals surface area contributed by atoms with Crippen molar-refractivity contribution in [2.75, 3.05) is 5.73 Å². The smallest absolute Gasteiger partial charge is 0.246 e. The molecule has 0 aromatic carbocycles. The van der Waals surface area contributed by atoms with Crippen molar-refractivity contribution in [3.63, 3.8) is 0 Å². The molecule has 1 aliphatic carbocycles. The average Bonchev–Trinajstić information content (AvgIpc) is 2.66. The van der Waals surface area contributed by atoms with Gasteiger partial charge in [0.1, 0.15) is 16.6 Å². The predicted octanol–water partition coefficient (Wildman–Crippen LogP) is -0.195. The molecule has 2 amide bonds. The molecule has 4 N–H and O–H groups in total. The molecule has 2 heterocycles. The summed E-state index contributed by atoms with van der Waals surface area (Å²) < 4.78 is 0. The zero-order chi connectivity index (χ0) is 12.8. The summed E-state index contributed by atoms with van der Waals surface area (Å²) in [5.41, 5.74) is 4.96. The van der Waals surface area contributed by atoms with Crippen LogP contribution in [0.4, 0.5) is 5.00 Å². The molecule has 3 rings (SSSR count). The highest BCUT2D eigenvalue weighted by Crippen LogP contribution is 2.34. The van der Waals surface area contributed by atoms with Gasteiger partial charge < -0.3 is 16.4 Å². The Bertz CT molecular complexity index is 509. The van der Waals surface area contributed by atoms with E-state index in [1.807, 2.05) is 0 Å². The van der Waals surface area contributed by atoms with E-state index < -0.39 is 11.6 Å². The molecule has 1 aromatic rings. The van der Waals surface area contributed by atoms with Gasteiger partial charge in [-0.3, -0.25) is 9.59 Å². The van der Waals surface area contributed by atoms with Crippen LogP contribution in [0.15, 0.2) is 6.20 Å². The zero-order valence-corrected chi connectivity index (χ0v) is 10.5. The second-order valence-electron chi connectivity index (χ2n) is 4.81. The maximum atomic E-state index is 12.0. The van der Waals surface area contributed by atoms with Gasteiger partial charge >= 0.3 is 0 Å². The van der Waals surface area contributed by atoms with Crippen molar-refractivity contribution in [3.8, 4) is 0 Å². The summed E-state index contributed by atoms with van der Waals surface area (Å²) in [4.78, 5) is 28.1. The minimum absolute atomic E-state index is 0.0668. The van der Waals surface area contributed by atoms with Crippen LogP contribution in [-0.4, -0.2) is 28.4 Å². The number of hydrogen-bond acceptors (Lipinski definition) is 5. The SMILES string of the molecule is Nc1cnc(CC2NC(=O)C3(CCC3)NC2=O)s1. The minimum atomic E-state index is -0.629. The lowest BCUT2D eigenvalue weighted by atomic mass is 9.74. The van der Waals surface area contributed by atoms with E-state index in [4.69, 9.17) is 5.73 Å². The number of thiazole rings is 1. The highest BCUT2D eigenvalue weighted by molar-refractivity contribution is 7.15. The normalized spacial score (nSPS) is 25.4. The Morgan fingerprint density at radius 2 is 2.28 bits per heavy atom. The first kappa shape index (κ1) is 11.5. The van der Waals surface area contributed by atoms with Crippen molar-refractivity contribution in [2.24, 2.45) is 0 Å². The van der Waals surface area contributed by atoms with E-state index in [0.717, 1.165) is 24.3 Å². The number of anilines is 1. The van der Waals surface area contributed by atoms with Crippen LogP contribution in [-0.2, 0) is 16.0 Å². The molecule has 96 valence electrons. The van der Waals surface area contributed by atoms with Crippen molar-refractivity contribution in [1.29, 1.82) is 0 Å². The van der Waals surface area contributed by atoms with Crippen LogP contribution in [0.25, 0.3) is 0 Å². The number of nitrogens with zero attached hydrogens (tertiary/aromatic N) is 1. The van der Waals surface area contributed by atoms with Crippen LogP contribution in [0.5, 0.6) is 0 Å². The quantitative estimate of drug-likeness (QED) is 0.691. The second-order valence-corrected chi connectivity index (χ2v) is 5.96. The molecule has 1 spiro atoms. The molecule has 1 saturated carbocycles. The van der Waals surface area contributed by atoms with Crippen LogP contribution in [0.3, 0.4) is 0 Å². The topological polar surface area (TPSA) is 97.1 Å². The largest absolute Gasteiger partial charge is 0.389 e. The number of nitrogens with two attached hydrogens (primary N) is 1. The van der Waals surface area contributed by atoms with Crippen LogP contribution in [0, 0.1) is 0 Å². The highest BCUT2D eigenvalue weighted by Gasteiger charge is 2.50. The summed E-state index contributed by atoms with van der Waals surface area (Å²) in [6.45, 7) is 0. The highest BCUT2D eigenvalue weighted by atomic mass is 32.1. The first-order chi connectivity index (χ1) is 8.59. The number of aromatic nitrogens is 1. The average molecular weight is 266 g/mol. The number of carbonyl (C=O) groups excluding carboxylic acids is 2. The van der Waals surface area contributed by atoms with E-state index in [-0.39, 0.29) is 11.8 Å². The fourth-order valence-corrected chi connectivity index (χ4v) is 3.09. The van der Waals surface area contributed by atoms with Crippen molar-refractivity contribution < 1.29 is 9.59 Å². The number of carbonyl (C=O) groups is 2. The maximum absolute atomic E-state index is 12.0. The van der Waals surface area contributed by atoms with Gasteiger partial charge in [-0.15, -0.1) is 11.3 Å². The molecule has 7 heteroatoms. The first-order valence-electron chi connectivity index (χ1n) is 5.92. The van der Waals surface area contributed by atoms with Gasteiger partial charge in [-0.25, -0.2) is 4.98 Å². The molecule has 1 aromatic heterocycles. The summed E-state index contributed by atoms with van der Waals surface area (Å²) in [5.74, 6) is -0.189. The monoisotopic (exact) mass is 266 g/mol.